The van der Waals surface area contributed by atoms with Crippen molar-refractivity contribution >= 4 is 46.9 Å². The first-order valence-corrected chi connectivity index (χ1v) is 9.75. The fourth-order valence-corrected chi connectivity index (χ4v) is 6.23. The third-order valence-electron chi connectivity index (χ3n) is 3.22. The third kappa shape index (κ3) is 4.78. The molecule has 19 heavy (non-hydrogen) atoms. The molecule has 1 aromatic rings. The van der Waals surface area contributed by atoms with Crippen LogP contribution in [0.2, 0.25) is 5.02 Å². The quantitative estimate of drug-likeness (QED) is 0.822. The zero-order valence-corrected chi connectivity index (χ0v) is 14.3. The van der Waals surface area contributed by atoms with Crippen LogP contribution in [-0.2, 0) is 0 Å². The van der Waals surface area contributed by atoms with Gasteiger partial charge in [0.05, 0.1) is 6.10 Å². The van der Waals surface area contributed by atoms with Crippen LogP contribution in [0.15, 0.2) is 29.2 Å². The van der Waals surface area contributed by atoms with Gasteiger partial charge >= 0.3 is 0 Å². The number of aliphatic hydroxyl groups excluding tert-OH is 1. The Morgan fingerprint density at radius 1 is 1.42 bits per heavy atom. The van der Waals surface area contributed by atoms with E-state index in [4.69, 9.17) is 11.6 Å². The van der Waals surface area contributed by atoms with Crippen LogP contribution in [0.1, 0.15) is 13.8 Å². The summed E-state index contributed by atoms with van der Waals surface area (Å²) in [4.78, 5) is 1.13. The molecule has 1 nitrogen and oxygen atoms in total. The second kappa shape index (κ2) is 7.51. The van der Waals surface area contributed by atoms with Gasteiger partial charge in [-0.05, 0) is 18.2 Å². The van der Waals surface area contributed by atoms with Gasteiger partial charge in [-0.3, -0.25) is 0 Å². The van der Waals surface area contributed by atoms with Crippen LogP contribution in [0.5, 0.6) is 0 Å². The Labute approximate surface area is 133 Å². The first kappa shape index (κ1) is 15.9. The molecule has 1 fully saturated rings. The van der Waals surface area contributed by atoms with Crippen molar-refractivity contribution in [3.8, 4) is 0 Å². The van der Waals surface area contributed by atoms with Gasteiger partial charge in [0.1, 0.15) is 0 Å². The van der Waals surface area contributed by atoms with E-state index in [2.05, 4.69) is 13.8 Å². The highest BCUT2D eigenvalue weighted by Gasteiger charge is 2.30. The predicted octanol–water partition coefficient (Wildman–Crippen LogP) is 4.42. The van der Waals surface area contributed by atoms with Gasteiger partial charge in [-0.1, -0.05) is 31.5 Å². The summed E-state index contributed by atoms with van der Waals surface area (Å²) >= 11 is 11.5. The van der Waals surface area contributed by atoms with Crippen LogP contribution in [0, 0.1) is 0 Å². The van der Waals surface area contributed by atoms with E-state index in [1.165, 1.54) is 0 Å². The summed E-state index contributed by atoms with van der Waals surface area (Å²) in [6, 6.07) is 7.81. The molecule has 0 bridgehead atoms. The molecule has 4 unspecified atom stereocenters. The van der Waals surface area contributed by atoms with Crippen LogP contribution in [0.3, 0.4) is 0 Å². The van der Waals surface area contributed by atoms with E-state index in [0.717, 1.165) is 21.4 Å². The molecule has 0 amide bonds. The normalized spacial score (nSPS) is 29.2. The Morgan fingerprint density at radius 3 is 2.89 bits per heavy atom. The summed E-state index contributed by atoms with van der Waals surface area (Å²) < 4.78 is 0. The molecule has 4 atom stereocenters. The number of thioether (sulfide) groups is 3. The van der Waals surface area contributed by atoms with Gasteiger partial charge in [0.15, 0.2) is 0 Å². The second-order valence-corrected chi connectivity index (χ2v) is 9.32. The van der Waals surface area contributed by atoms with Gasteiger partial charge < -0.3 is 5.11 Å². The summed E-state index contributed by atoms with van der Waals surface area (Å²) in [6.45, 7) is 4.52. The lowest BCUT2D eigenvalue weighted by Gasteiger charge is -2.33. The fraction of sp³-hybridized carbons (Fsp3) is 0.571. The lowest BCUT2D eigenvalue weighted by Crippen LogP contribution is -2.35. The van der Waals surface area contributed by atoms with Gasteiger partial charge in [0.2, 0.25) is 0 Å². The maximum atomic E-state index is 10.3. The van der Waals surface area contributed by atoms with Gasteiger partial charge in [-0.25, -0.2) is 0 Å². The number of benzene rings is 1. The number of rotatable bonds is 4. The molecule has 0 spiro atoms. The maximum absolute atomic E-state index is 10.3. The van der Waals surface area contributed by atoms with Gasteiger partial charge in [0.25, 0.3) is 0 Å². The summed E-state index contributed by atoms with van der Waals surface area (Å²) in [5.41, 5.74) is 0. The zero-order valence-electron chi connectivity index (χ0n) is 11.1. The van der Waals surface area contributed by atoms with Crippen LogP contribution < -0.4 is 0 Å². The Morgan fingerprint density at radius 2 is 2.21 bits per heavy atom. The van der Waals surface area contributed by atoms with E-state index in [1.807, 2.05) is 47.8 Å². The third-order valence-corrected chi connectivity index (χ3v) is 8.09. The van der Waals surface area contributed by atoms with Gasteiger partial charge in [0, 0.05) is 37.2 Å². The first-order chi connectivity index (χ1) is 9.06. The van der Waals surface area contributed by atoms with E-state index < -0.39 is 0 Å². The Bertz CT molecular complexity index is 415. The van der Waals surface area contributed by atoms with Crippen LogP contribution in [0.25, 0.3) is 0 Å². The fourth-order valence-electron chi connectivity index (χ4n) is 1.86. The predicted molar refractivity (Wildman–Crippen MR) is 90.9 cm³/mol. The van der Waals surface area contributed by atoms with Crippen LogP contribution in [0.4, 0.5) is 0 Å². The SMILES string of the molecule is CC1SCC(C(O)CSc2cccc(Cl)c2)SC1C. The second-order valence-electron chi connectivity index (χ2n) is 4.75. The molecule has 0 aliphatic carbocycles. The lowest BCUT2D eigenvalue weighted by atomic mass is 10.3. The Kier molecular flexibility index (Phi) is 6.28. The van der Waals surface area contributed by atoms with E-state index >= 15 is 0 Å². The van der Waals surface area contributed by atoms with Crippen molar-refractivity contribution in [2.24, 2.45) is 0 Å². The summed E-state index contributed by atoms with van der Waals surface area (Å²) in [5.74, 6) is 1.78. The standard InChI is InChI=1S/C14H19ClOS3/c1-9-10(2)19-14(8-17-9)13(16)7-18-12-5-3-4-11(15)6-12/h3-6,9-10,13-14,16H,7-8H2,1-2H3. The van der Waals surface area contributed by atoms with Crippen molar-refractivity contribution in [1.29, 1.82) is 0 Å². The zero-order chi connectivity index (χ0) is 13.8. The minimum absolute atomic E-state index is 0.253. The summed E-state index contributed by atoms with van der Waals surface area (Å²) in [7, 11) is 0. The average molecular weight is 335 g/mol. The average Bonchev–Trinajstić information content (AvgIpc) is 2.39. The van der Waals surface area contributed by atoms with Gasteiger partial charge in [-0.2, -0.15) is 23.5 Å². The number of hydrogen-bond donors (Lipinski definition) is 1. The number of halogens is 1. The molecule has 5 heteroatoms. The van der Waals surface area contributed by atoms with Crippen LogP contribution >= 0.6 is 46.9 Å². The molecule has 106 valence electrons. The largest absolute Gasteiger partial charge is 0.391 e. The van der Waals surface area contributed by atoms with Crippen molar-refractivity contribution in [3.05, 3.63) is 29.3 Å². The monoisotopic (exact) mass is 334 g/mol. The molecule has 1 heterocycles. The highest BCUT2D eigenvalue weighted by molar-refractivity contribution is 8.07. The van der Waals surface area contributed by atoms with E-state index in [0.29, 0.717) is 15.7 Å². The first-order valence-electron chi connectivity index (χ1n) is 6.39. The molecule has 1 N–H and O–H groups in total. The highest BCUT2D eigenvalue weighted by Crippen LogP contribution is 2.38. The molecule has 0 radical (unpaired) electrons. The minimum atomic E-state index is -0.253. The van der Waals surface area contributed by atoms with Crippen molar-refractivity contribution in [2.75, 3.05) is 11.5 Å². The highest BCUT2D eigenvalue weighted by atomic mass is 35.5. The van der Waals surface area contributed by atoms with Crippen molar-refractivity contribution < 1.29 is 5.11 Å². The maximum Gasteiger partial charge on any atom is 0.0760 e. The van der Waals surface area contributed by atoms with Crippen molar-refractivity contribution in [3.63, 3.8) is 0 Å². The number of hydrogen-bond acceptors (Lipinski definition) is 4. The molecular formula is C14H19ClOS3. The summed E-state index contributed by atoms with van der Waals surface area (Å²) in [5, 5.41) is 12.7. The van der Waals surface area contributed by atoms with E-state index in [1.54, 1.807) is 11.8 Å². The molecule has 1 aliphatic heterocycles. The molecule has 1 aromatic carbocycles. The van der Waals surface area contributed by atoms with Crippen molar-refractivity contribution in [2.45, 2.75) is 40.6 Å². The number of aliphatic hydroxyl groups is 1. The minimum Gasteiger partial charge on any atom is -0.391 e. The van der Waals surface area contributed by atoms with Crippen LogP contribution in [-0.4, -0.2) is 38.5 Å². The molecule has 2 rings (SSSR count). The lowest BCUT2D eigenvalue weighted by molar-refractivity contribution is 0.201. The molecule has 1 saturated heterocycles. The van der Waals surface area contributed by atoms with E-state index in [9.17, 15) is 5.11 Å². The molecule has 0 saturated carbocycles. The summed E-state index contributed by atoms with van der Waals surface area (Å²) in [6.07, 6.45) is -0.253. The Balaban J connectivity index is 1.83. The van der Waals surface area contributed by atoms with E-state index in [-0.39, 0.29) is 6.10 Å². The Hall–Kier alpha value is 0.520. The molecule has 0 aromatic heterocycles. The smallest absolute Gasteiger partial charge is 0.0760 e. The molecular weight excluding hydrogens is 316 g/mol. The van der Waals surface area contributed by atoms with Crippen molar-refractivity contribution in [1.82, 2.24) is 0 Å². The van der Waals surface area contributed by atoms with Gasteiger partial charge in [-0.15, -0.1) is 11.8 Å². The molecule has 1 aliphatic rings. The topological polar surface area (TPSA) is 20.2 Å².